The lowest BCUT2D eigenvalue weighted by Gasteiger charge is -2.20. The highest BCUT2D eigenvalue weighted by Crippen LogP contribution is 2.17. The summed E-state index contributed by atoms with van der Waals surface area (Å²) in [6, 6.07) is 0.794. The molecular formula is C14H28N2. The first-order valence-electron chi connectivity index (χ1n) is 7.32. The zero-order chi connectivity index (χ0) is 11.2. The van der Waals surface area contributed by atoms with E-state index in [9.17, 15) is 0 Å². The third-order valence-corrected chi connectivity index (χ3v) is 4.20. The molecule has 2 rings (SSSR count). The van der Waals surface area contributed by atoms with Gasteiger partial charge in [0.1, 0.15) is 0 Å². The lowest BCUT2D eigenvalue weighted by atomic mass is 10.1. The van der Waals surface area contributed by atoms with Crippen LogP contribution in [0.15, 0.2) is 0 Å². The van der Waals surface area contributed by atoms with Crippen LogP contribution in [0.1, 0.15) is 58.3 Å². The molecule has 2 heterocycles. The van der Waals surface area contributed by atoms with Gasteiger partial charge >= 0.3 is 0 Å². The van der Waals surface area contributed by atoms with E-state index in [-0.39, 0.29) is 0 Å². The quantitative estimate of drug-likeness (QED) is 0.624. The average molecular weight is 224 g/mol. The lowest BCUT2D eigenvalue weighted by Crippen LogP contribution is -2.29. The monoisotopic (exact) mass is 224 g/mol. The second-order valence-corrected chi connectivity index (χ2v) is 5.71. The maximum atomic E-state index is 2.68. The fourth-order valence-corrected chi connectivity index (χ4v) is 3.11. The lowest BCUT2D eigenvalue weighted by molar-refractivity contribution is 0.222. The minimum Gasteiger partial charge on any atom is -0.289 e. The van der Waals surface area contributed by atoms with Gasteiger partial charge in [0.05, 0.1) is 6.67 Å². The van der Waals surface area contributed by atoms with Crippen LogP contribution < -0.4 is 0 Å². The molecule has 0 aliphatic carbocycles. The van der Waals surface area contributed by atoms with Crippen LogP contribution in [-0.4, -0.2) is 42.1 Å². The first kappa shape index (κ1) is 12.4. The van der Waals surface area contributed by atoms with E-state index < -0.39 is 0 Å². The molecule has 3 atom stereocenters. The Kier molecular flexibility index (Phi) is 5.11. The molecule has 3 unspecified atom stereocenters. The van der Waals surface area contributed by atoms with Crippen LogP contribution in [0, 0.1) is 0 Å². The molecule has 0 amide bonds. The second kappa shape index (κ2) is 6.61. The van der Waals surface area contributed by atoms with Crippen molar-refractivity contribution in [1.29, 1.82) is 0 Å². The van der Waals surface area contributed by atoms with E-state index in [1.807, 2.05) is 0 Å². The van der Waals surface area contributed by atoms with E-state index in [1.165, 1.54) is 77.7 Å². The highest BCUT2D eigenvalue weighted by molar-refractivity contribution is 4.79. The minimum absolute atomic E-state index is 0.794. The van der Waals surface area contributed by atoms with Gasteiger partial charge < -0.3 is 0 Å². The van der Waals surface area contributed by atoms with Crippen LogP contribution in [0.3, 0.4) is 0 Å². The Labute approximate surface area is 101 Å². The van der Waals surface area contributed by atoms with Gasteiger partial charge in [0.2, 0.25) is 0 Å². The third kappa shape index (κ3) is 3.74. The van der Waals surface area contributed by atoms with Gasteiger partial charge in [-0.3, -0.25) is 9.80 Å². The van der Waals surface area contributed by atoms with Crippen LogP contribution in [0.5, 0.6) is 0 Å². The number of fused-ring (bicyclic) bond motifs is 2. The van der Waals surface area contributed by atoms with Crippen LogP contribution in [0.2, 0.25) is 0 Å². The Morgan fingerprint density at radius 2 is 1.31 bits per heavy atom. The number of rotatable bonds is 0. The summed E-state index contributed by atoms with van der Waals surface area (Å²) in [5, 5.41) is 0. The molecule has 0 N–H and O–H groups in total. The van der Waals surface area contributed by atoms with E-state index in [2.05, 4.69) is 16.7 Å². The summed E-state index contributed by atoms with van der Waals surface area (Å²) in [6.07, 6.45) is 11.6. The molecule has 94 valence electrons. The summed E-state index contributed by atoms with van der Waals surface area (Å²) >= 11 is 0. The third-order valence-electron chi connectivity index (χ3n) is 4.20. The molecular weight excluding hydrogens is 196 g/mol. The fraction of sp³-hybridized carbons (Fsp3) is 1.00. The number of nitrogens with zero attached hydrogens (tertiary/aromatic N) is 2. The topological polar surface area (TPSA) is 6.48 Å². The first-order valence-corrected chi connectivity index (χ1v) is 7.32. The maximum Gasteiger partial charge on any atom is 0.0509 e. The standard InChI is InChI=1S/C14H28N2/c1-14-12-15-10-8-6-4-2-3-5-7-9-11-16(14)13-15/h14H,2-13H2,1H3. The van der Waals surface area contributed by atoms with E-state index in [4.69, 9.17) is 0 Å². The van der Waals surface area contributed by atoms with Gasteiger partial charge in [-0.1, -0.05) is 38.5 Å². The zero-order valence-corrected chi connectivity index (χ0v) is 11.0. The SMILES string of the molecule is CC1CN2CCCCCCCCCCN1C2. The summed E-state index contributed by atoms with van der Waals surface area (Å²) in [5.41, 5.74) is 0. The summed E-state index contributed by atoms with van der Waals surface area (Å²) in [4.78, 5) is 5.33. The summed E-state index contributed by atoms with van der Waals surface area (Å²) in [7, 11) is 0. The van der Waals surface area contributed by atoms with E-state index in [0.717, 1.165) is 6.04 Å². The molecule has 2 fully saturated rings. The summed E-state index contributed by atoms with van der Waals surface area (Å²) in [6.45, 7) is 7.60. The first-order chi connectivity index (χ1) is 7.86. The Bertz CT molecular complexity index is 193. The normalized spacial score (nSPS) is 38.4. The second-order valence-electron chi connectivity index (χ2n) is 5.71. The zero-order valence-electron chi connectivity index (χ0n) is 11.0. The van der Waals surface area contributed by atoms with Gasteiger partial charge in [0, 0.05) is 12.6 Å². The van der Waals surface area contributed by atoms with Crippen molar-refractivity contribution in [2.75, 3.05) is 26.3 Å². The highest BCUT2D eigenvalue weighted by atomic mass is 15.4. The minimum atomic E-state index is 0.794. The van der Waals surface area contributed by atoms with Gasteiger partial charge in [-0.15, -0.1) is 0 Å². The van der Waals surface area contributed by atoms with Crippen LogP contribution in [0.4, 0.5) is 0 Å². The summed E-state index contributed by atoms with van der Waals surface area (Å²) in [5.74, 6) is 0. The maximum absolute atomic E-state index is 2.68. The van der Waals surface area contributed by atoms with Gasteiger partial charge in [0.15, 0.2) is 0 Å². The molecule has 2 aliphatic heterocycles. The molecule has 0 aromatic rings. The fourth-order valence-electron chi connectivity index (χ4n) is 3.11. The molecule has 0 radical (unpaired) electrons. The Hall–Kier alpha value is -0.0800. The van der Waals surface area contributed by atoms with E-state index in [0.29, 0.717) is 0 Å². The van der Waals surface area contributed by atoms with Crippen molar-refractivity contribution in [1.82, 2.24) is 9.80 Å². The van der Waals surface area contributed by atoms with E-state index >= 15 is 0 Å². The van der Waals surface area contributed by atoms with Crippen LogP contribution in [-0.2, 0) is 0 Å². The summed E-state index contributed by atoms with van der Waals surface area (Å²) < 4.78 is 0. The Morgan fingerprint density at radius 1 is 0.750 bits per heavy atom. The molecule has 2 bridgehead atoms. The van der Waals surface area contributed by atoms with Crippen molar-refractivity contribution in [2.24, 2.45) is 0 Å². The van der Waals surface area contributed by atoms with Crippen molar-refractivity contribution in [3.8, 4) is 0 Å². The van der Waals surface area contributed by atoms with Crippen LogP contribution in [0.25, 0.3) is 0 Å². The van der Waals surface area contributed by atoms with Crippen molar-refractivity contribution in [3.05, 3.63) is 0 Å². The van der Waals surface area contributed by atoms with E-state index in [1.54, 1.807) is 0 Å². The Balaban J connectivity index is 1.79. The molecule has 2 heteroatoms. The van der Waals surface area contributed by atoms with Gasteiger partial charge in [-0.25, -0.2) is 0 Å². The molecule has 2 nitrogen and oxygen atoms in total. The van der Waals surface area contributed by atoms with Gasteiger partial charge in [0.25, 0.3) is 0 Å². The average Bonchev–Trinajstić information content (AvgIpc) is 2.63. The Morgan fingerprint density at radius 3 is 2.00 bits per heavy atom. The largest absolute Gasteiger partial charge is 0.289 e. The van der Waals surface area contributed by atoms with Crippen molar-refractivity contribution in [2.45, 2.75) is 64.3 Å². The van der Waals surface area contributed by atoms with Crippen molar-refractivity contribution < 1.29 is 0 Å². The number of hydrogen-bond donors (Lipinski definition) is 0. The van der Waals surface area contributed by atoms with Gasteiger partial charge in [-0.2, -0.15) is 0 Å². The molecule has 0 aromatic heterocycles. The van der Waals surface area contributed by atoms with Crippen molar-refractivity contribution >= 4 is 0 Å². The predicted molar refractivity (Wildman–Crippen MR) is 69.5 cm³/mol. The number of hydrogen-bond acceptors (Lipinski definition) is 2. The molecule has 0 saturated carbocycles. The highest BCUT2D eigenvalue weighted by Gasteiger charge is 2.25. The van der Waals surface area contributed by atoms with Crippen molar-refractivity contribution in [3.63, 3.8) is 0 Å². The smallest absolute Gasteiger partial charge is 0.0509 e. The molecule has 0 aromatic carbocycles. The van der Waals surface area contributed by atoms with Crippen LogP contribution >= 0.6 is 0 Å². The molecule has 2 saturated heterocycles. The molecule has 0 spiro atoms. The predicted octanol–water partition coefficient (Wildman–Crippen LogP) is 3.08. The van der Waals surface area contributed by atoms with Gasteiger partial charge in [-0.05, 0) is 32.9 Å². The molecule has 2 aliphatic rings. The molecule has 16 heavy (non-hydrogen) atoms.